The van der Waals surface area contributed by atoms with Crippen LogP contribution in [0.25, 0.3) is 0 Å². The Morgan fingerprint density at radius 1 is 0.781 bits per heavy atom. The summed E-state index contributed by atoms with van der Waals surface area (Å²) in [6.07, 6.45) is 5.25. The molecule has 0 bridgehead atoms. The average molecular weight is 448 g/mol. The van der Waals surface area contributed by atoms with Gasteiger partial charge in [0.15, 0.2) is 14.7 Å². The van der Waals surface area contributed by atoms with Crippen LogP contribution in [0.3, 0.4) is 0 Å². The summed E-state index contributed by atoms with van der Waals surface area (Å²) in [5.41, 5.74) is 0.525. The lowest BCUT2D eigenvalue weighted by atomic mass is 9.89. The first-order valence-electron chi connectivity index (χ1n) is 10.9. The predicted molar refractivity (Wildman–Crippen MR) is 125 cm³/mol. The van der Waals surface area contributed by atoms with Crippen molar-refractivity contribution in [2.45, 2.75) is 46.8 Å². The number of methoxy groups -OCH3 is 1. The van der Waals surface area contributed by atoms with Gasteiger partial charge in [-0.15, -0.1) is 0 Å². The Labute approximate surface area is 191 Å². The molecule has 164 valence electrons. The molecule has 1 atom stereocenters. The molecular weight excluding hydrogens is 420 g/mol. The van der Waals surface area contributed by atoms with Crippen molar-refractivity contribution in [1.82, 2.24) is 0 Å². The lowest BCUT2D eigenvalue weighted by Gasteiger charge is -2.19. The molecule has 0 N–H and O–H groups in total. The van der Waals surface area contributed by atoms with Crippen molar-refractivity contribution in [3.05, 3.63) is 84.4 Å². The molecule has 3 aromatic carbocycles. The van der Waals surface area contributed by atoms with E-state index in [0.29, 0.717) is 11.3 Å². The molecule has 3 aromatic rings. The van der Waals surface area contributed by atoms with E-state index in [2.05, 4.69) is 12.1 Å². The number of carbonyl (C=O) groups excluding carboxylic acids is 2. The molecule has 32 heavy (non-hydrogen) atoms. The standard InChI is InChI=1S/C27H27O4S/c1-30-26(28)21-11-8-14-25(19-21)32(23-12-6-3-7-13-23)24-17-15-22(16-18-24)31-27(29)20-9-4-2-5-10-20/h3,6-8,11-20H,2,4-5,9-10H2,1H3/q+1. The minimum Gasteiger partial charge on any atom is -0.465 e. The molecule has 0 aromatic heterocycles. The van der Waals surface area contributed by atoms with Crippen molar-refractivity contribution in [3.8, 4) is 5.75 Å². The second-order valence-corrected chi connectivity index (χ2v) is 9.89. The first kappa shape index (κ1) is 22.2. The zero-order valence-electron chi connectivity index (χ0n) is 18.2. The molecule has 0 amide bonds. The largest absolute Gasteiger partial charge is 0.465 e. The highest BCUT2D eigenvalue weighted by Gasteiger charge is 2.30. The van der Waals surface area contributed by atoms with Gasteiger partial charge in [-0.05, 0) is 61.4 Å². The van der Waals surface area contributed by atoms with E-state index in [-0.39, 0.29) is 17.9 Å². The molecule has 0 aliphatic heterocycles. The zero-order chi connectivity index (χ0) is 22.3. The third-order valence-electron chi connectivity index (χ3n) is 5.69. The molecule has 5 heteroatoms. The molecule has 0 spiro atoms. The summed E-state index contributed by atoms with van der Waals surface area (Å²) < 4.78 is 10.6. The van der Waals surface area contributed by atoms with E-state index < -0.39 is 10.9 Å². The Morgan fingerprint density at radius 3 is 2.12 bits per heavy atom. The fourth-order valence-corrected chi connectivity index (χ4v) is 6.13. The van der Waals surface area contributed by atoms with Crippen LogP contribution in [0.2, 0.25) is 0 Å². The van der Waals surface area contributed by atoms with Gasteiger partial charge in [0.05, 0.1) is 29.5 Å². The lowest BCUT2D eigenvalue weighted by molar-refractivity contribution is -0.139. The minimum absolute atomic E-state index is 0.0171. The SMILES string of the molecule is COC(=O)c1cccc([S+](c2ccccc2)c2ccc(OC(=O)C3CCCCC3)cc2)c1. The Morgan fingerprint density at radius 2 is 1.44 bits per heavy atom. The van der Waals surface area contributed by atoms with Crippen LogP contribution >= 0.6 is 0 Å². The van der Waals surface area contributed by atoms with E-state index in [1.54, 1.807) is 6.07 Å². The first-order chi connectivity index (χ1) is 15.7. The average Bonchev–Trinajstić information content (AvgIpc) is 2.86. The van der Waals surface area contributed by atoms with Gasteiger partial charge in [-0.25, -0.2) is 4.79 Å². The zero-order valence-corrected chi connectivity index (χ0v) is 19.0. The highest BCUT2D eigenvalue weighted by atomic mass is 32.2. The number of ether oxygens (including phenoxy) is 2. The number of rotatable bonds is 6. The van der Waals surface area contributed by atoms with Crippen LogP contribution in [0.1, 0.15) is 42.5 Å². The van der Waals surface area contributed by atoms with Crippen molar-refractivity contribution in [3.63, 3.8) is 0 Å². The Hall–Kier alpha value is -3.05. The van der Waals surface area contributed by atoms with Gasteiger partial charge in [-0.3, -0.25) is 4.79 Å². The maximum absolute atomic E-state index is 12.5. The topological polar surface area (TPSA) is 52.6 Å². The van der Waals surface area contributed by atoms with E-state index in [9.17, 15) is 9.59 Å². The van der Waals surface area contributed by atoms with Crippen molar-refractivity contribution >= 4 is 22.8 Å². The van der Waals surface area contributed by atoms with E-state index in [0.717, 1.165) is 40.4 Å². The monoisotopic (exact) mass is 447 g/mol. The highest BCUT2D eigenvalue weighted by molar-refractivity contribution is 7.97. The number of esters is 2. The van der Waals surface area contributed by atoms with E-state index in [1.165, 1.54) is 13.5 Å². The number of carbonyl (C=O) groups is 2. The summed E-state index contributed by atoms with van der Waals surface area (Å²) in [6.45, 7) is 0. The van der Waals surface area contributed by atoms with Gasteiger partial charge in [0, 0.05) is 6.07 Å². The quantitative estimate of drug-likeness (QED) is 0.262. The molecule has 1 fully saturated rings. The number of hydrogen-bond donors (Lipinski definition) is 0. The molecule has 0 radical (unpaired) electrons. The Kier molecular flexibility index (Phi) is 7.28. The van der Waals surface area contributed by atoms with E-state index >= 15 is 0 Å². The van der Waals surface area contributed by atoms with E-state index in [4.69, 9.17) is 9.47 Å². The molecule has 4 rings (SSSR count). The summed E-state index contributed by atoms with van der Waals surface area (Å²) in [6, 6.07) is 25.5. The van der Waals surface area contributed by atoms with Crippen molar-refractivity contribution in [2.75, 3.05) is 7.11 Å². The molecule has 1 saturated carbocycles. The van der Waals surface area contributed by atoms with Gasteiger partial charge >= 0.3 is 11.9 Å². The summed E-state index contributed by atoms with van der Waals surface area (Å²) in [4.78, 5) is 27.8. The second-order valence-electron chi connectivity index (χ2n) is 7.87. The molecular formula is C27H27O4S+. The Bertz CT molecular complexity index is 1060. The van der Waals surface area contributed by atoms with Gasteiger partial charge in [-0.2, -0.15) is 0 Å². The fourth-order valence-electron chi connectivity index (χ4n) is 4.01. The van der Waals surface area contributed by atoms with Gasteiger partial charge < -0.3 is 9.47 Å². The fraction of sp³-hybridized carbons (Fsp3) is 0.259. The smallest absolute Gasteiger partial charge is 0.338 e. The van der Waals surface area contributed by atoms with Crippen LogP contribution < -0.4 is 4.74 Å². The summed E-state index contributed by atoms with van der Waals surface area (Å²) in [7, 11) is 0.971. The van der Waals surface area contributed by atoms with Crippen LogP contribution in [0.5, 0.6) is 5.75 Å². The summed E-state index contributed by atoms with van der Waals surface area (Å²) in [5.74, 6) is 0.117. The molecule has 0 heterocycles. The lowest BCUT2D eigenvalue weighted by Crippen LogP contribution is -2.22. The van der Waals surface area contributed by atoms with E-state index in [1.807, 2.05) is 60.7 Å². The van der Waals surface area contributed by atoms with Crippen molar-refractivity contribution in [1.29, 1.82) is 0 Å². The van der Waals surface area contributed by atoms with Crippen molar-refractivity contribution in [2.24, 2.45) is 5.92 Å². The minimum atomic E-state index is -0.417. The van der Waals surface area contributed by atoms with Crippen LogP contribution in [-0.4, -0.2) is 19.0 Å². The third-order valence-corrected chi connectivity index (χ3v) is 7.90. The van der Waals surface area contributed by atoms with Gasteiger partial charge in [-0.1, -0.05) is 43.5 Å². The first-order valence-corrected chi connectivity index (χ1v) is 12.2. The molecule has 1 aliphatic rings. The van der Waals surface area contributed by atoms with Gasteiger partial charge in [0.25, 0.3) is 0 Å². The summed E-state index contributed by atoms with van der Waals surface area (Å²) >= 11 is 0. The normalized spacial score (nSPS) is 15.0. The highest BCUT2D eigenvalue weighted by Crippen LogP contribution is 2.33. The molecule has 0 saturated heterocycles. The third kappa shape index (κ3) is 5.22. The second kappa shape index (κ2) is 10.5. The van der Waals surface area contributed by atoms with Gasteiger partial charge in [0.1, 0.15) is 5.75 Å². The van der Waals surface area contributed by atoms with Gasteiger partial charge in [0.2, 0.25) is 0 Å². The van der Waals surface area contributed by atoms with Crippen LogP contribution in [-0.2, 0) is 20.4 Å². The molecule has 4 nitrogen and oxygen atoms in total. The maximum Gasteiger partial charge on any atom is 0.338 e. The number of benzene rings is 3. The summed E-state index contributed by atoms with van der Waals surface area (Å²) in [5, 5.41) is 0. The molecule has 1 unspecified atom stereocenters. The predicted octanol–water partition coefficient (Wildman–Crippen LogP) is 6.05. The maximum atomic E-state index is 12.5. The van der Waals surface area contributed by atoms with Crippen molar-refractivity contribution < 1.29 is 19.1 Å². The van der Waals surface area contributed by atoms with Crippen LogP contribution in [0.15, 0.2) is 93.5 Å². The van der Waals surface area contributed by atoms with Crippen LogP contribution in [0, 0.1) is 5.92 Å². The Balaban J connectivity index is 1.61. The number of hydrogen-bond acceptors (Lipinski definition) is 4. The van der Waals surface area contributed by atoms with Crippen LogP contribution in [0.4, 0.5) is 0 Å². The molecule has 1 aliphatic carbocycles.